The average Bonchev–Trinajstić information content (AvgIpc) is 2.37. The van der Waals surface area contributed by atoms with E-state index in [0.717, 1.165) is 32.4 Å². The number of rotatable bonds is 13. The van der Waals surface area contributed by atoms with Gasteiger partial charge in [0.1, 0.15) is 0 Å². The third kappa shape index (κ3) is 8.97. The highest BCUT2D eigenvalue weighted by molar-refractivity contribution is 5.84. The molecular weight excluding hydrogens is 244 g/mol. The fraction of sp³-hybridized carbons (Fsp3) is 0.929. The van der Waals surface area contributed by atoms with Gasteiger partial charge in [0.2, 0.25) is 5.91 Å². The SMILES string of the molecule is CCCCOCCOCCCC(C)(NCC)C(N)=O. The van der Waals surface area contributed by atoms with Gasteiger partial charge < -0.3 is 20.5 Å². The monoisotopic (exact) mass is 274 g/mol. The Hall–Kier alpha value is -0.650. The molecule has 0 heterocycles. The molecule has 0 aromatic rings. The van der Waals surface area contributed by atoms with Gasteiger partial charge >= 0.3 is 0 Å². The number of primary amides is 1. The first-order valence-corrected chi connectivity index (χ1v) is 7.27. The third-order valence-corrected chi connectivity index (χ3v) is 3.09. The van der Waals surface area contributed by atoms with E-state index in [-0.39, 0.29) is 5.91 Å². The lowest BCUT2D eigenvalue weighted by atomic mass is 9.95. The van der Waals surface area contributed by atoms with Crippen LogP contribution < -0.4 is 11.1 Å². The lowest BCUT2D eigenvalue weighted by molar-refractivity contribution is -0.124. The molecule has 114 valence electrons. The summed E-state index contributed by atoms with van der Waals surface area (Å²) < 4.78 is 10.8. The molecule has 0 aliphatic rings. The molecule has 3 N–H and O–H groups in total. The summed E-state index contributed by atoms with van der Waals surface area (Å²) in [6.45, 7) is 9.35. The molecule has 0 spiro atoms. The van der Waals surface area contributed by atoms with Gasteiger partial charge in [0.25, 0.3) is 0 Å². The van der Waals surface area contributed by atoms with Gasteiger partial charge in [-0.15, -0.1) is 0 Å². The van der Waals surface area contributed by atoms with Crippen molar-refractivity contribution in [3.63, 3.8) is 0 Å². The number of carbonyl (C=O) groups is 1. The smallest absolute Gasteiger partial charge is 0.237 e. The van der Waals surface area contributed by atoms with Crippen molar-refractivity contribution in [3.05, 3.63) is 0 Å². The molecule has 0 fully saturated rings. The van der Waals surface area contributed by atoms with Gasteiger partial charge in [-0.2, -0.15) is 0 Å². The van der Waals surface area contributed by atoms with Crippen molar-refractivity contribution in [2.45, 2.75) is 52.0 Å². The zero-order valence-corrected chi connectivity index (χ0v) is 12.7. The minimum Gasteiger partial charge on any atom is -0.379 e. The fourth-order valence-corrected chi connectivity index (χ4v) is 1.79. The second-order valence-electron chi connectivity index (χ2n) is 4.91. The van der Waals surface area contributed by atoms with Gasteiger partial charge in [0.05, 0.1) is 18.8 Å². The topological polar surface area (TPSA) is 73.6 Å². The molecule has 0 aliphatic heterocycles. The lowest BCUT2D eigenvalue weighted by Crippen LogP contribution is -2.53. The van der Waals surface area contributed by atoms with Crippen LogP contribution in [-0.4, -0.2) is 44.4 Å². The highest BCUT2D eigenvalue weighted by Gasteiger charge is 2.28. The van der Waals surface area contributed by atoms with Crippen molar-refractivity contribution >= 4 is 5.91 Å². The number of amides is 1. The van der Waals surface area contributed by atoms with E-state index in [0.29, 0.717) is 26.2 Å². The molecule has 19 heavy (non-hydrogen) atoms. The molecular formula is C14H30N2O3. The van der Waals surface area contributed by atoms with Crippen LogP contribution in [0.25, 0.3) is 0 Å². The largest absolute Gasteiger partial charge is 0.379 e. The Balaban J connectivity index is 3.53. The van der Waals surface area contributed by atoms with Crippen LogP contribution >= 0.6 is 0 Å². The van der Waals surface area contributed by atoms with Gasteiger partial charge in [-0.05, 0) is 32.7 Å². The summed E-state index contributed by atoms with van der Waals surface area (Å²) in [6.07, 6.45) is 3.74. The molecule has 5 nitrogen and oxygen atoms in total. The highest BCUT2D eigenvalue weighted by Crippen LogP contribution is 2.11. The van der Waals surface area contributed by atoms with Gasteiger partial charge in [0, 0.05) is 13.2 Å². The summed E-state index contributed by atoms with van der Waals surface area (Å²) in [7, 11) is 0. The van der Waals surface area contributed by atoms with E-state index in [1.54, 1.807) is 0 Å². The summed E-state index contributed by atoms with van der Waals surface area (Å²) in [6, 6.07) is 0. The minimum atomic E-state index is -0.629. The van der Waals surface area contributed by atoms with Crippen LogP contribution in [0.3, 0.4) is 0 Å². The number of carbonyl (C=O) groups excluding carboxylic acids is 1. The van der Waals surface area contributed by atoms with Crippen LogP contribution in [0.5, 0.6) is 0 Å². The third-order valence-electron chi connectivity index (χ3n) is 3.09. The predicted octanol–water partition coefficient (Wildman–Crippen LogP) is 1.45. The van der Waals surface area contributed by atoms with Crippen LogP contribution in [-0.2, 0) is 14.3 Å². The highest BCUT2D eigenvalue weighted by atomic mass is 16.5. The maximum atomic E-state index is 11.4. The summed E-state index contributed by atoms with van der Waals surface area (Å²) >= 11 is 0. The number of nitrogens with two attached hydrogens (primary N) is 1. The van der Waals surface area contributed by atoms with Gasteiger partial charge in [0.15, 0.2) is 0 Å². The summed E-state index contributed by atoms with van der Waals surface area (Å²) in [4.78, 5) is 11.4. The first kappa shape index (κ1) is 18.4. The van der Waals surface area contributed by atoms with Crippen LogP contribution in [0.4, 0.5) is 0 Å². The molecule has 0 bridgehead atoms. The maximum absolute atomic E-state index is 11.4. The molecule has 0 rings (SSSR count). The van der Waals surface area contributed by atoms with E-state index < -0.39 is 5.54 Å². The van der Waals surface area contributed by atoms with E-state index in [1.807, 2.05) is 13.8 Å². The number of nitrogens with one attached hydrogen (secondary N) is 1. The van der Waals surface area contributed by atoms with Gasteiger partial charge in [-0.25, -0.2) is 0 Å². The van der Waals surface area contributed by atoms with E-state index in [2.05, 4.69) is 12.2 Å². The number of hydrogen-bond acceptors (Lipinski definition) is 4. The predicted molar refractivity (Wildman–Crippen MR) is 77.1 cm³/mol. The van der Waals surface area contributed by atoms with Crippen molar-refractivity contribution in [2.24, 2.45) is 5.73 Å². The molecule has 1 unspecified atom stereocenters. The van der Waals surface area contributed by atoms with E-state index in [4.69, 9.17) is 15.2 Å². The first-order valence-electron chi connectivity index (χ1n) is 7.27. The Kier molecular flexibility index (Phi) is 10.8. The van der Waals surface area contributed by atoms with Crippen molar-refractivity contribution < 1.29 is 14.3 Å². The fourth-order valence-electron chi connectivity index (χ4n) is 1.79. The number of unbranched alkanes of at least 4 members (excludes halogenated alkanes) is 1. The molecule has 0 saturated carbocycles. The molecule has 1 amide bonds. The van der Waals surface area contributed by atoms with E-state index in [1.165, 1.54) is 0 Å². The van der Waals surface area contributed by atoms with Crippen LogP contribution in [0.1, 0.15) is 46.5 Å². The standard InChI is InChI=1S/C14H30N2O3/c1-4-6-9-18-11-12-19-10-7-8-14(3,13(15)17)16-5-2/h16H,4-12H2,1-3H3,(H2,15,17). The Morgan fingerprint density at radius 1 is 1.11 bits per heavy atom. The number of hydrogen-bond donors (Lipinski definition) is 2. The summed E-state index contributed by atoms with van der Waals surface area (Å²) in [5.74, 6) is -0.308. The zero-order chi connectivity index (χ0) is 14.6. The molecule has 0 aliphatic carbocycles. The minimum absolute atomic E-state index is 0.308. The molecule has 5 heteroatoms. The van der Waals surface area contributed by atoms with Crippen molar-refractivity contribution in [2.75, 3.05) is 33.0 Å². The van der Waals surface area contributed by atoms with Gasteiger partial charge in [-0.1, -0.05) is 20.3 Å². The normalized spacial score (nSPS) is 14.3. The molecule has 0 saturated heterocycles. The van der Waals surface area contributed by atoms with Crippen molar-refractivity contribution in [1.29, 1.82) is 0 Å². The Bertz CT molecular complexity index is 237. The van der Waals surface area contributed by atoms with Crippen molar-refractivity contribution in [3.8, 4) is 0 Å². The van der Waals surface area contributed by atoms with Crippen LogP contribution in [0, 0.1) is 0 Å². The quantitative estimate of drug-likeness (QED) is 0.499. The van der Waals surface area contributed by atoms with E-state index >= 15 is 0 Å². The van der Waals surface area contributed by atoms with Crippen molar-refractivity contribution in [1.82, 2.24) is 5.32 Å². The lowest BCUT2D eigenvalue weighted by Gasteiger charge is -2.26. The van der Waals surface area contributed by atoms with Crippen LogP contribution in [0.15, 0.2) is 0 Å². The summed E-state index contributed by atoms with van der Waals surface area (Å²) in [5, 5.41) is 3.13. The van der Waals surface area contributed by atoms with E-state index in [9.17, 15) is 4.79 Å². The Labute approximate surface area is 117 Å². The zero-order valence-electron chi connectivity index (χ0n) is 12.7. The number of likely N-dealkylation sites (N-methyl/N-ethyl adjacent to an activating group) is 1. The average molecular weight is 274 g/mol. The van der Waals surface area contributed by atoms with Gasteiger partial charge in [-0.3, -0.25) is 4.79 Å². The maximum Gasteiger partial charge on any atom is 0.237 e. The first-order chi connectivity index (χ1) is 9.06. The molecule has 0 aromatic carbocycles. The second-order valence-corrected chi connectivity index (χ2v) is 4.91. The van der Waals surface area contributed by atoms with Crippen LogP contribution in [0.2, 0.25) is 0 Å². The summed E-state index contributed by atoms with van der Waals surface area (Å²) in [5.41, 5.74) is 4.77. The second kappa shape index (κ2) is 11.2. The number of ether oxygens (including phenoxy) is 2. The molecule has 0 aromatic heterocycles. The Morgan fingerprint density at radius 2 is 1.68 bits per heavy atom. The molecule has 0 radical (unpaired) electrons. The molecule has 1 atom stereocenters. The Morgan fingerprint density at radius 3 is 2.16 bits per heavy atom.